The number of esters is 1. The van der Waals surface area contributed by atoms with Gasteiger partial charge < -0.3 is 14.8 Å². The zero-order chi connectivity index (χ0) is 23.9. The lowest BCUT2D eigenvalue weighted by atomic mass is 10.2. The van der Waals surface area contributed by atoms with Gasteiger partial charge in [-0.15, -0.1) is 0 Å². The van der Waals surface area contributed by atoms with Crippen molar-refractivity contribution in [3.8, 4) is 0 Å². The number of hydrogen-bond donors (Lipinski definition) is 1. The average molecular weight is 464 g/mol. The van der Waals surface area contributed by atoms with Gasteiger partial charge in [-0.3, -0.25) is 4.18 Å². The van der Waals surface area contributed by atoms with Gasteiger partial charge in [0.05, 0.1) is 4.90 Å². The summed E-state index contributed by atoms with van der Waals surface area (Å²) in [6, 6.07) is 13.6. The highest BCUT2D eigenvalue weighted by atomic mass is 32.2. The molecule has 0 aromatic heterocycles. The fraction of sp³-hybridized carbons (Fsp3) is 0.391. The fourth-order valence-electron chi connectivity index (χ4n) is 2.64. The van der Waals surface area contributed by atoms with E-state index < -0.39 is 39.9 Å². The van der Waals surface area contributed by atoms with E-state index in [0.717, 1.165) is 11.1 Å². The van der Waals surface area contributed by atoms with Gasteiger partial charge in [0.1, 0.15) is 18.3 Å². The zero-order valence-electron chi connectivity index (χ0n) is 18.8. The van der Waals surface area contributed by atoms with E-state index in [9.17, 15) is 18.0 Å². The molecule has 0 saturated heterocycles. The highest BCUT2D eigenvalue weighted by Gasteiger charge is 2.34. The van der Waals surface area contributed by atoms with E-state index in [1.807, 2.05) is 13.0 Å². The van der Waals surface area contributed by atoms with Gasteiger partial charge in [0.25, 0.3) is 10.1 Å². The average Bonchev–Trinajstić information content (AvgIpc) is 2.69. The first-order valence-electron chi connectivity index (χ1n) is 10.1. The largest absolute Gasteiger partial charge is 0.459 e. The quantitative estimate of drug-likeness (QED) is 0.469. The van der Waals surface area contributed by atoms with Gasteiger partial charge in [-0.1, -0.05) is 48.0 Å². The Morgan fingerprint density at radius 3 is 2.16 bits per heavy atom. The molecule has 0 saturated carbocycles. The van der Waals surface area contributed by atoms with E-state index in [1.54, 1.807) is 57.2 Å². The van der Waals surface area contributed by atoms with Crippen molar-refractivity contribution in [1.82, 2.24) is 5.32 Å². The third-order valence-corrected chi connectivity index (χ3v) is 5.61. The predicted octanol–water partition coefficient (Wildman–Crippen LogP) is 3.73. The highest BCUT2D eigenvalue weighted by Crippen LogP contribution is 2.18. The lowest BCUT2D eigenvalue weighted by molar-refractivity contribution is -0.149. The molecule has 0 spiro atoms. The van der Waals surface area contributed by atoms with Crippen LogP contribution in [0.4, 0.5) is 4.79 Å². The molecular weight excluding hydrogens is 434 g/mol. The second kappa shape index (κ2) is 10.6. The molecule has 174 valence electrons. The molecule has 0 aliphatic heterocycles. The summed E-state index contributed by atoms with van der Waals surface area (Å²) in [6.07, 6.45) is -2.17. The number of aryl methyl sites for hydroxylation is 1. The molecule has 1 amide bonds. The van der Waals surface area contributed by atoms with Gasteiger partial charge in [-0.2, -0.15) is 8.42 Å². The van der Waals surface area contributed by atoms with Crippen LogP contribution in [0.5, 0.6) is 0 Å². The Kier molecular flexibility index (Phi) is 8.40. The van der Waals surface area contributed by atoms with Crippen molar-refractivity contribution in [2.24, 2.45) is 0 Å². The van der Waals surface area contributed by atoms with E-state index in [-0.39, 0.29) is 11.5 Å². The number of amides is 1. The van der Waals surface area contributed by atoms with Crippen LogP contribution >= 0.6 is 0 Å². The van der Waals surface area contributed by atoms with Crippen molar-refractivity contribution in [2.75, 3.05) is 0 Å². The summed E-state index contributed by atoms with van der Waals surface area (Å²) in [5.41, 5.74) is 0.796. The van der Waals surface area contributed by atoms with E-state index >= 15 is 0 Å². The van der Waals surface area contributed by atoms with Crippen LogP contribution in [0.1, 0.15) is 38.8 Å². The first kappa shape index (κ1) is 25.4. The van der Waals surface area contributed by atoms with Crippen molar-refractivity contribution in [2.45, 2.75) is 63.9 Å². The number of benzene rings is 2. The smallest absolute Gasteiger partial charge is 0.408 e. The maximum Gasteiger partial charge on any atom is 0.408 e. The third kappa shape index (κ3) is 7.97. The normalized spacial score (nSPS) is 13.7. The van der Waals surface area contributed by atoms with Gasteiger partial charge in [0, 0.05) is 0 Å². The van der Waals surface area contributed by atoms with Gasteiger partial charge in [0.15, 0.2) is 6.04 Å². The third-order valence-electron chi connectivity index (χ3n) is 4.21. The molecule has 2 atom stereocenters. The number of alkyl carbamates (subject to hydrolysis) is 1. The summed E-state index contributed by atoms with van der Waals surface area (Å²) in [5, 5.41) is 2.37. The summed E-state index contributed by atoms with van der Waals surface area (Å²) < 4.78 is 41.0. The van der Waals surface area contributed by atoms with Gasteiger partial charge in [-0.05, 0) is 52.3 Å². The second-order valence-corrected chi connectivity index (χ2v) is 9.86. The molecule has 1 N–H and O–H groups in total. The Morgan fingerprint density at radius 1 is 1.00 bits per heavy atom. The Balaban J connectivity index is 2.18. The van der Waals surface area contributed by atoms with Crippen LogP contribution in [-0.4, -0.2) is 38.2 Å². The highest BCUT2D eigenvalue weighted by molar-refractivity contribution is 7.86. The first-order valence-corrected chi connectivity index (χ1v) is 11.5. The molecule has 0 aliphatic carbocycles. The van der Waals surface area contributed by atoms with Crippen LogP contribution in [0.15, 0.2) is 59.5 Å². The van der Waals surface area contributed by atoms with Crippen LogP contribution in [0.25, 0.3) is 0 Å². The summed E-state index contributed by atoms with van der Waals surface area (Å²) in [5.74, 6) is -0.855. The van der Waals surface area contributed by atoms with Crippen molar-refractivity contribution in [3.05, 3.63) is 65.7 Å². The van der Waals surface area contributed by atoms with Crippen molar-refractivity contribution in [1.29, 1.82) is 0 Å². The van der Waals surface area contributed by atoms with Crippen LogP contribution in [0.2, 0.25) is 0 Å². The van der Waals surface area contributed by atoms with Crippen LogP contribution in [0.3, 0.4) is 0 Å². The van der Waals surface area contributed by atoms with E-state index in [0.29, 0.717) is 0 Å². The molecule has 0 unspecified atom stereocenters. The first-order chi connectivity index (χ1) is 14.9. The van der Waals surface area contributed by atoms with Crippen molar-refractivity contribution >= 4 is 22.2 Å². The number of carbonyl (C=O) groups excluding carboxylic acids is 2. The number of hydrogen-bond acceptors (Lipinski definition) is 7. The van der Waals surface area contributed by atoms with E-state index in [4.69, 9.17) is 13.7 Å². The number of nitrogens with one attached hydrogen (secondary N) is 1. The standard InChI is InChI=1S/C23H29NO7S/c1-16-11-13-19(14-12-16)32(27,28)31-17(2)20(24-22(26)30-23(3,4)5)21(25)29-15-18-9-7-6-8-10-18/h6-14,17,20H,15H2,1-5H3,(H,24,26)/t17-,20+/m1/s1. The second-order valence-electron chi connectivity index (χ2n) is 8.29. The number of ether oxygens (including phenoxy) is 2. The topological polar surface area (TPSA) is 108 Å². The van der Waals surface area contributed by atoms with Crippen molar-refractivity contribution in [3.63, 3.8) is 0 Å². The minimum absolute atomic E-state index is 0.0520. The predicted molar refractivity (Wildman–Crippen MR) is 118 cm³/mol. The fourth-order valence-corrected chi connectivity index (χ4v) is 3.73. The Labute approximate surface area is 189 Å². The summed E-state index contributed by atoms with van der Waals surface area (Å²) in [4.78, 5) is 25.0. The van der Waals surface area contributed by atoms with E-state index in [1.165, 1.54) is 19.1 Å². The molecule has 0 radical (unpaired) electrons. The van der Waals surface area contributed by atoms with Crippen LogP contribution in [-0.2, 0) is 35.2 Å². The summed E-state index contributed by atoms with van der Waals surface area (Å²) in [6.45, 7) is 8.12. The Hall–Kier alpha value is -2.91. The maximum atomic E-state index is 12.8. The zero-order valence-corrected chi connectivity index (χ0v) is 19.6. The van der Waals surface area contributed by atoms with Gasteiger partial charge >= 0.3 is 12.1 Å². The minimum Gasteiger partial charge on any atom is -0.459 e. The summed E-state index contributed by atoms with van der Waals surface area (Å²) in [7, 11) is -4.19. The van der Waals surface area contributed by atoms with Gasteiger partial charge in [0.2, 0.25) is 0 Å². The molecule has 2 aromatic rings. The van der Waals surface area contributed by atoms with Gasteiger partial charge in [-0.25, -0.2) is 9.59 Å². The van der Waals surface area contributed by atoms with Crippen LogP contribution in [0, 0.1) is 6.92 Å². The molecule has 0 heterocycles. The molecule has 0 fully saturated rings. The van der Waals surface area contributed by atoms with E-state index in [2.05, 4.69) is 5.32 Å². The monoisotopic (exact) mass is 463 g/mol. The molecule has 2 rings (SSSR count). The Bertz CT molecular complexity index is 1010. The molecular formula is C23H29NO7S. The number of carbonyl (C=O) groups is 2. The van der Waals surface area contributed by atoms with Crippen molar-refractivity contribution < 1.29 is 31.7 Å². The Morgan fingerprint density at radius 2 is 1.59 bits per heavy atom. The molecule has 9 heteroatoms. The summed E-state index contributed by atoms with van der Waals surface area (Å²) >= 11 is 0. The SMILES string of the molecule is Cc1ccc(S(=O)(=O)O[C@H](C)[C@H](NC(=O)OC(C)(C)C)C(=O)OCc2ccccc2)cc1. The molecule has 2 aromatic carbocycles. The molecule has 32 heavy (non-hydrogen) atoms. The number of rotatable bonds is 8. The van der Waals surface area contributed by atoms with Crippen LogP contribution < -0.4 is 5.32 Å². The maximum absolute atomic E-state index is 12.8. The molecule has 0 aliphatic rings. The molecule has 8 nitrogen and oxygen atoms in total. The lowest BCUT2D eigenvalue weighted by Crippen LogP contribution is -2.51. The minimum atomic E-state index is -4.19. The molecule has 0 bridgehead atoms. The lowest BCUT2D eigenvalue weighted by Gasteiger charge is -2.26.